The van der Waals surface area contributed by atoms with Gasteiger partial charge in [0.05, 0.1) is 5.41 Å². The molecule has 2 rings (SSSR count). The summed E-state index contributed by atoms with van der Waals surface area (Å²) in [6.45, 7) is -0.234. The Morgan fingerprint density at radius 2 is 1.94 bits per heavy atom. The maximum atomic E-state index is 12.2. The molecule has 4 nitrogen and oxygen atoms in total. The quantitative estimate of drug-likeness (QED) is 0.769. The lowest BCUT2D eigenvalue weighted by Gasteiger charge is -2.29. The van der Waals surface area contributed by atoms with Crippen LogP contribution in [0, 0.1) is 5.41 Å². The summed E-state index contributed by atoms with van der Waals surface area (Å²) in [5.41, 5.74) is -0.214. The number of alkyl halides is 3. The molecule has 0 atom stereocenters. The zero-order chi connectivity index (χ0) is 13.6. The molecule has 18 heavy (non-hydrogen) atoms. The second-order valence-corrected chi connectivity index (χ2v) is 4.62. The molecule has 0 radical (unpaired) electrons. The highest BCUT2D eigenvalue weighted by atomic mass is 19.4. The first kappa shape index (κ1) is 12.9. The minimum Gasteiger partial charge on any atom is -0.481 e. The molecule has 100 valence electrons. The van der Waals surface area contributed by atoms with Crippen LogP contribution in [-0.2, 0) is 9.59 Å². The summed E-state index contributed by atoms with van der Waals surface area (Å²) >= 11 is 0. The van der Waals surface area contributed by atoms with Crippen molar-refractivity contribution in [2.24, 2.45) is 5.41 Å². The van der Waals surface area contributed by atoms with Crippen molar-refractivity contribution in [2.75, 3.05) is 13.1 Å². The zero-order valence-electron chi connectivity index (χ0n) is 9.46. The first-order chi connectivity index (χ1) is 8.27. The van der Waals surface area contributed by atoms with Gasteiger partial charge in [0.25, 0.3) is 0 Å². The van der Waals surface area contributed by atoms with Gasteiger partial charge in [-0.1, -0.05) is 11.6 Å². The third kappa shape index (κ3) is 2.09. The van der Waals surface area contributed by atoms with E-state index >= 15 is 0 Å². The monoisotopic (exact) mass is 263 g/mol. The molecule has 1 saturated carbocycles. The fourth-order valence-corrected chi connectivity index (χ4v) is 2.26. The number of hydrogen-bond acceptors (Lipinski definition) is 2. The summed E-state index contributed by atoms with van der Waals surface area (Å²) in [6.07, 6.45) is -2.15. The zero-order valence-corrected chi connectivity index (χ0v) is 9.46. The minimum absolute atomic E-state index is 0.0702. The number of carboxylic acids is 1. The predicted molar refractivity (Wildman–Crippen MR) is 54.6 cm³/mol. The predicted octanol–water partition coefficient (Wildman–Crippen LogP) is 1.57. The summed E-state index contributed by atoms with van der Waals surface area (Å²) in [7, 11) is 0. The van der Waals surface area contributed by atoms with Crippen molar-refractivity contribution in [3.05, 3.63) is 11.6 Å². The normalized spacial score (nSPS) is 22.4. The average Bonchev–Trinajstić information content (AvgIpc) is 3.08. The van der Waals surface area contributed by atoms with Crippen molar-refractivity contribution >= 4 is 11.9 Å². The molecule has 2 aliphatic rings. The molecular formula is C11H12F3NO3. The van der Waals surface area contributed by atoms with Crippen LogP contribution in [0.3, 0.4) is 0 Å². The van der Waals surface area contributed by atoms with Gasteiger partial charge in [0.1, 0.15) is 0 Å². The van der Waals surface area contributed by atoms with Crippen LogP contribution in [0.5, 0.6) is 0 Å². The summed E-state index contributed by atoms with van der Waals surface area (Å²) in [4.78, 5) is 22.7. The maximum Gasteiger partial charge on any atom is 0.471 e. The van der Waals surface area contributed by atoms with Gasteiger partial charge in [0.15, 0.2) is 0 Å². The van der Waals surface area contributed by atoms with Crippen molar-refractivity contribution in [3.8, 4) is 0 Å². The molecule has 0 bridgehead atoms. The van der Waals surface area contributed by atoms with Crippen LogP contribution in [0.2, 0.25) is 0 Å². The second kappa shape index (κ2) is 4.00. The fourth-order valence-electron chi connectivity index (χ4n) is 2.26. The molecule has 0 saturated heterocycles. The van der Waals surface area contributed by atoms with Gasteiger partial charge in [-0.3, -0.25) is 9.59 Å². The Kier molecular flexibility index (Phi) is 2.87. The first-order valence-corrected chi connectivity index (χ1v) is 5.56. The summed E-state index contributed by atoms with van der Waals surface area (Å²) in [6, 6.07) is 0. The molecule has 1 heterocycles. The summed E-state index contributed by atoms with van der Waals surface area (Å²) < 4.78 is 36.6. The standard InChI is InChI=1S/C11H12F3NO3/c12-11(13,14)8(16)15-5-1-7(2-6-15)10(3-4-10)9(17)18/h1H,2-6H2,(H,17,18). The Bertz CT molecular complexity index is 424. The van der Waals surface area contributed by atoms with Crippen molar-refractivity contribution < 1.29 is 27.9 Å². The van der Waals surface area contributed by atoms with Crippen LogP contribution >= 0.6 is 0 Å². The van der Waals surface area contributed by atoms with Crippen molar-refractivity contribution in [1.29, 1.82) is 0 Å². The van der Waals surface area contributed by atoms with Gasteiger partial charge in [0.2, 0.25) is 0 Å². The van der Waals surface area contributed by atoms with E-state index in [0.29, 0.717) is 23.3 Å². The Hall–Kier alpha value is -1.53. The molecule has 1 fully saturated rings. The highest BCUT2D eigenvalue weighted by Gasteiger charge is 2.53. The molecule has 1 amide bonds. The molecule has 0 aromatic carbocycles. The van der Waals surface area contributed by atoms with Crippen molar-refractivity contribution in [3.63, 3.8) is 0 Å². The minimum atomic E-state index is -4.87. The molecule has 0 spiro atoms. The third-order valence-corrected chi connectivity index (χ3v) is 3.51. The van der Waals surface area contributed by atoms with E-state index in [1.54, 1.807) is 0 Å². The molecule has 7 heteroatoms. The molecule has 0 aromatic heterocycles. The average molecular weight is 263 g/mol. The Labute approximate surface area is 101 Å². The van der Waals surface area contributed by atoms with Crippen LogP contribution in [0.1, 0.15) is 19.3 Å². The molecule has 1 aliphatic carbocycles. The van der Waals surface area contributed by atoms with Crippen LogP contribution in [0.25, 0.3) is 0 Å². The number of halogens is 3. The topological polar surface area (TPSA) is 57.6 Å². The van der Waals surface area contributed by atoms with Crippen molar-refractivity contribution in [2.45, 2.75) is 25.4 Å². The highest BCUT2D eigenvalue weighted by Crippen LogP contribution is 2.53. The van der Waals surface area contributed by atoms with E-state index in [0.717, 1.165) is 0 Å². The molecule has 0 aromatic rings. The number of aliphatic carboxylic acids is 1. The number of carbonyl (C=O) groups excluding carboxylic acids is 1. The molecule has 0 unspecified atom stereocenters. The first-order valence-electron chi connectivity index (χ1n) is 5.56. The summed E-state index contributed by atoms with van der Waals surface area (Å²) in [5.74, 6) is -2.79. The maximum absolute atomic E-state index is 12.2. The SMILES string of the molecule is O=C(N1CC=C(C2(C(=O)O)CC2)CC1)C(F)(F)F. The number of hydrogen-bond donors (Lipinski definition) is 1. The second-order valence-electron chi connectivity index (χ2n) is 4.62. The summed E-state index contributed by atoms with van der Waals surface area (Å²) in [5, 5.41) is 9.06. The van der Waals surface area contributed by atoms with Crippen LogP contribution < -0.4 is 0 Å². The smallest absolute Gasteiger partial charge is 0.471 e. The van der Waals surface area contributed by atoms with Crippen molar-refractivity contribution in [1.82, 2.24) is 4.90 Å². The van der Waals surface area contributed by atoms with Crippen LogP contribution in [-0.4, -0.2) is 41.1 Å². The Balaban J connectivity index is 2.05. The largest absolute Gasteiger partial charge is 0.481 e. The Morgan fingerprint density at radius 1 is 1.33 bits per heavy atom. The lowest BCUT2D eigenvalue weighted by Crippen LogP contribution is -2.44. The molecule has 1 N–H and O–H groups in total. The van der Waals surface area contributed by atoms with Gasteiger partial charge >= 0.3 is 18.1 Å². The molecule has 1 aliphatic heterocycles. The fraction of sp³-hybridized carbons (Fsp3) is 0.636. The van der Waals surface area contributed by atoms with Gasteiger partial charge in [-0.25, -0.2) is 0 Å². The third-order valence-electron chi connectivity index (χ3n) is 3.51. The van der Waals surface area contributed by atoms with Gasteiger partial charge in [-0.05, 0) is 19.3 Å². The van der Waals surface area contributed by atoms with E-state index < -0.39 is 23.5 Å². The molecular weight excluding hydrogens is 251 g/mol. The van der Waals surface area contributed by atoms with E-state index in [2.05, 4.69) is 0 Å². The number of amides is 1. The van der Waals surface area contributed by atoms with E-state index in [4.69, 9.17) is 5.11 Å². The Morgan fingerprint density at radius 3 is 2.28 bits per heavy atom. The van der Waals surface area contributed by atoms with E-state index in [9.17, 15) is 22.8 Å². The lowest BCUT2D eigenvalue weighted by molar-refractivity contribution is -0.185. The highest BCUT2D eigenvalue weighted by molar-refractivity contribution is 5.84. The van der Waals surface area contributed by atoms with Gasteiger partial charge in [-0.15, -0.1) is 0 Å². The van der Waals surface area contributed by atoms with Crippen LogP contribution in [0.15, 0.2) is 11.6 Å². The van der Waals surface area contributed by atoms with Gasteiger partial charge in [0, 0.05) is 13.1 Å². The van der Waals surface area contributed by atoms with E-state index in [1.807, 2.05) is 0 Å². The number of carboxylic acid groups (broad SMARTS) is 1. The van der Waals surface area contributed by atoms with E-state index in [1.165, 1.54) is 6.08 Å². The number of carbonyl (C=O) groups is 2. The number of rotatable bonds is 2. The van der Waals surface area contributed by atoms with Crippen LogP contribution in [0.4, 0.5) is 13.2 Å². The number of nitrogens with zero attached hydrogens (tertiary/aromatic N) is 1. The van der Waals surface area contributed by atoms with Gasteiger partial charge < -0.3 is 10.0 Å². The van der Waals surface area contributed by atoms with Gasteiger partial charge in [-0.2, -0.15) is 13.2 Å². The van der Waals surface area contributed by atoms with E-state index in [-0.39, 0.29) is 19.5 Å². The lowest BCUT2D eigenvalue weighted by atomic mass is 9.90.